The summed E-state index contributed by atoms with van der Waals surface area (Å²) < 4.78 is 5.28. The third-order valence-corrected chi connectivity index (χ3v) is 3.62. The molecule has 0 spiro atoms. The number of aromatic nitrogens is 1. The number of fused-ring (bicyclic) bond motifs is 1. The number of pyridine rings is 1. The summed E-state index contributed by atoms with van der Waals surface area (Å²) in [5.41, 5.74) is 5.70. The van der Waals surface area contributed by atoms with E-state index in [4.69, 9.17) is 10.5 Å². The van der Waals surface area contributed by atoms with Crippen molar-refractivity contribution in [3.05, 3.63) is 30.5 Å². The van der Waals surface area contributed by atoms with Gasteiger partial charge in [-0.25, -0.2) is 4.98 Å². The zero-order chi connectivity index (χ0) is 13.9. The zero-order valence-electron chi connectivity index (χ0n) is 11.7. The summed E-state index contributed by atoms with van der Waals surface area (Å²) in [6.07, 6.45) is 2.75. The van der Waals surface area contributed by atoms with Crippen molar-refractivity contribution in [1.82, 2.24) is 4.98 Å². The molecule has 1 atom stereocenters. The van der Waals surface area contributed by atoms with E-state index in [2.05, 4.69) is 24.1 Å². The van der Waals surface area contributed by atoms with Crippen molar-refractivity contribution in [2.75, 3.05) is 19.0 Å². The second kappa shape index (κ2) is 5.45. The predicted molar refractivity (Wildman–Crippen MR) is 79.7 cm³/mol. The predicted octanol–water partition coefficient (Wildman–Crippen LogP) is 2.78. The van der Waals surface area contributed by atoms with Gasteiger partial charge in [0, 0.05) is 23.7 Å². The Morgan fingerprint density at radius 1 is 1.37 bits per heavy atom. The van der Waals surface area contributed by atoms with Gasteiger partial charge in [0.05, 0.1) is 7.11 Å². The first-order valence-electron chi connectivity index (χ1n) is 6.53. The highest BCUT2D eigenvalue weighted by molar-refractivity contribution is 5.93. The quantitative estimate of drug-likeness (QED) is 0.866. The zero-order valence-corrected chi connectivity index (χ0v) is 11.7. The highest BCUT2D eigenvalue weighted by Crippen LogP contribution is 2.28. The lowest BCUT2D eigenvalue weighted by Crippen LogP contribution is -2.42. The highest BCUT2D eigenvalue weighted by Gasteiger charge is 2.21. The van der Waals surface area contributed by atoms with Crippen LogP contribution in [0.1, 0.15) is 20.3 Å². The Hall–Kier alpha value is -1.81. The molecule has 0 saturated carbocycles. The van der Waals surface area contributed by atoms with Crippen molar-refractivity contribution in [3.8, 4) is 5.75 Å². The molecule has 2 aromatic rings. The number of nitrogens with two attached hydrogens (primary N) is 1. The van der Waals surface area contributed by atoms with Gasteiger partial charge in [-0.2, -0.15) is 0 Å². The van der Waals surface area contributed by atoms with Gasteiger partial charge in [-0.1, -0.05) is 13.0 Å². The molecule has 1 heterocycles. The summed E-state index contributed by atoms with van der Waals surface area (Å²) >= 11 is 0. The minimum absolute atomic E-state index is 0.148. The fourth-order valence-electron chi connectivity index (χ4n) is 1.94. The van der Waals surface area contributed by atoms with Crippen LogP contribution in [0.4, 0.5) is 5.82 Å². The van der Waals surface area contributed by atoms with Gasteiger partial charge in [0.2, 0.25) is 0 Å². The second-order valence-electron chi connectivity index (χ2n) is 4.99. The van der Waals surface area contributed by atoms with Crippen molar-refractivity contribution in [2.24, 2.45) is 5.73 Å². The lowest BCUT2D eigenvalue weighted by atomic mass is 9.99. The van der Waals surface area contributed by atoms with E-state index in [1.165, 1.54) is 0 Å². The number of anilines is 1. The summed E-state index contributed by atoms with van der Waals surface area (Å²) in [6.45, 7) is 4.78. The Labute approximate surface area is 114 Å². The van der Waals surface area contributed by atoms with E-state index < -0.39 is 0 Å². The molecule has 0 aliphatic rings. The van der Waals surface area contributed by atoms with E-state index >= 15 is 0 Å². The third-order valence-electron chi connectivity index (χ3n) is 3.62. The van der Waals surface area contributed by atoms with Gasteiger partial charge in [-0.05, 0) is 36.9 Å². The van der Waals surface area contributed by atoms with Crippen LogP contribution in [-0.4, -0.2) is 24.2 Å². The second-order valence-corrected chi connectivity index (χ2v) is 4.99. The molecule has 102 valence electrons. The number of methoxy groups -OCH3 is 1. The van der Waals surface area contributed by atoms with Crippen molar-refractivity contribution < 1.29 is 4.74 Å². The Kier molecular flexibility index (Phi) is 3.90. The molecule has 0 aliphatic heterocycles. The molecule has 1 unspecified atom stereocenters. The molecular weight excluding hydrogens is 238 g/mol. The first kappa shape index (κ1) is 13.6. The number of hydrogen-bond donors (Lipinski definition) is 2. The molecular formula is C15H21N3O. The summed E-state index contributed by atoms with van der Waals surface area (Å²) in [6, 6.07) is 7.98. The number of ether oxygens (including phenoxy) is 1. The minimum Gasteiger partial charge on any atom is -0.497 e. The standard InChI is InChI=1S/C15H21N3O/c1-4-15(2,10-16)18-14-13-9-12(19-3)6-5-11(13)7-8-17-14/h5-9H,4,10,16H2,1-3H3,(H,17,18). The van der Waals surface area contributed by atoms with Crippen LogP contribution in [0.5, 0.6) is 5.75 Å². The molecule has 2 rings (SSSR count). The van der Waals surface area contributed by atoms with Crippen LogP contribution in [0.3, 0.4) is 0 Å². The van der Waals surface area contributed by atoms with E-state index in [9.17, 15) is 0 Å². The van der Waals surface area contributed by atoms with Gasteiger partial charge in [0.15, 0.2) is 0 Å². The molecule has 0 saturated heterocycles. The summed E-state index contributed by atoms with van der Waals surface area (Å²) in [7, 11) is 1.67. The molecule has 0 amide bonds. The lowest BCUT2D eigenvalue weighted by Gasteiger charge is -2.29. The van der Waals surface area contributed by atoms with Crippen molar-refractivity contribution in [3.63, 3.8) is 0 Å². The molecule has 0 fully saturated rings. The van der Waals surface area contributed by atoms with Crippen molar-refractivity contribution in [2.45, 2.75) is 25.8 Å². The lowest BCUT2D eigenvalue weighted by molar-refractivity contribution is 0.415. The van der Waals surface area contributed by atoms with Crippen molar-refractivity contribution in [1.29, 1.82) is 0 Å². The molecule has 1 aromatic heterocycles. The monoisotopic (exact) mass is 259 g/mol. The van der Waals surface area contributed by atoms with Gasteiger partial charge < -0.3 is 15.8 Å². The molecule has 0 bridgehead atoms. The fourth-order valence-corrected chi connectivity index (χ4v) is 1.94. The molecule has 0 aliphatic carbocycles. The minimum atomic E-state index is -0.148. The molecule has 1 aromatic carbocycles. The van der Waals surface area contributed by atoms with E-state index in [1.54, 1.807) is 7.11 Å². The fraction of sp³-hybridized carbons (Fsp3) is 0.400. The Morgan fingerprint density at radius 2 is 2.16 bits per heavy atom. The number of rotatable bonds is 5. The van der Waals surface area contributed by atoms with Gasteiger partial charge in [0.1, 0.15) is 11.6 Å². The number of benzene rings is 1. The van der Waals surface area contributed by atoms with Crippen LogP contribution in [0.2, 0.25) is 0 Å². The van der Waals surface area contributed by atoms with Crippen LogP contribution in [0.25, 0.3) is 10.8 Å². The maximum Gasteiger partial charge on any atom is 0.134 e. The average Bonchev–Trinajstić information content (AvgIpc) is 2.47. The highest BCUT2D eigenvalue weighted by atomic mass is 16.5. The van der Waals surface area contributed by atoms with Gasteiger partial charge in [-0.15, -0.1) is 0 Å². The average molecular weight is 259 g/mol. The molecule has 4 nitrogen and oxygen atoms in total. The van der Waals surface area contributed by atoms with Gasteiger partial charge in [0.25, 0.3) is 0 Å². The van der Waals surface area contributed by atoms with Gasteiger partial charge in [-0.3, -0.25) is 0 Å². The smallest absolute Gasteiger partial charge is 0.134 e. The van der Waals surface area contributed by atoms with E-state index in [-0.39, 0.29) is 5.54 Å². The van der Waals surface area contributed by atoms with E-state index in [0.717, 1.165) is 28.8 Å². The Morgan fingerprint density at radius 3 is 2.79 bits per heavy atom. The van der Waals surface area contributed by atoms with Crippen LogP contribution in [0, 0.1) is 0 Å². The maximum absolute atomic E-state index is 5.85. The number of nitrogens with zero attached hydrogens (tertiary/aromatic N) is 1. The summed E-state index contributed by atoms with van der Waals surface area (Å²) in [5, 5.41) is 5.64. The van der Waals surface area contributed by atoms with Crippen molar-refractivity contribution >= 4 is 16.6 Å². The topological polar surface area (TPSA) is 60.2 Å². The third kappa shape index (κ3) is 2.79. The molecule has 0 radical (unpaired) electrons. The van der Waals surface area contributed by atoms with Crippen LogP contribution >= 0.6 is 0 Å². The first-order chi connectivity index (χ1) is 9.11. The molecule has 19 heavy (non-hydrogen) atoms. The number of hydrogen-bond acceptors (Lipinski definition) is 4. The van der Waals surface area contributed by atoms with Gasteiger partial charge >= 0.3 is 0 Å². The van der Waals surface area contributed by atoms with E-state index in [1.807, 2.05) is 30.5 Å². The maximum atomic E-state index is 5.85. The number of nitrogens with one attached hydrogen (secondary N) is 1. The first-order valence-corrected chi connectivity index (χ1v) is 6.53. The summed E-state index contributed by atoms with van der Waals surface area (Å²) in [5.74, 6) is 1.68. The normalized spacial score (nSPS) is 14.1. The van der Waals surface area contributed by atoms with Crippen LogP contribution in [0.15, 0.2) is 30.5 Å². The molecule has 4 heteroatoms. The van der Waals surface area contributed by atoms with E-state index in [0.29, 0.717) is 6.54 Å². The SMILES string of the molecule is CCC(C)(CN)Nc1nccc2ccc(OC)cc12. The largest absolute Gasteiger partial charge is 0.497 e. The van der Waals surface area contributed by atoms with Crippen LogP contribution in [-0.2, 0) is 0 Å². The molecule has 3 N–H and O–H groups in total. The Bertz CT molecular complexity index is 564. The summed E-state index contributed by atoms with van der Waals surface area (Å²) in [4.78, 5) is 4.44. The Balaban J connectivity index is 2.47. The van der Waals surface area contributed by atoms with Crippen LogP contribution < -0.4 is 15.8 Å².